The number of amides is 8. The number of benzene rings is 2. The minimum absolute atomic E-state index is 0.0262. The molecule has 12 N–H and O–H groups in total. The fraction of sp³-hybridized carbons (Fsp3) is 0.526. The largest absolute Gasteiger partial charge is 0.354 e. The molecule has 2 aliphatic rings. The number of nitrogens with two attached hydrogens (primary N) is 4. The average Bonchev–Trinajstić information content (AvgIpc) is 3.17. The maximum absolute atomic E-state index is 13.7. The Morgan fingerprint density at radius 1 is 0.536 bits per heavy atom. The summed E-state index contributed by atoms with van der Waals surface area (Å²) < 4.78 is 0. The van der Waals surface area contributed by atoms with Crippen molar-refractivity contribution in [3.8, 4) is 0 Å². The van der Waals surface area contributed by atoms with E-state index in [9.17, 15) is 38.4 Å². The topological polar surface area (TPSA) is 295 Å². The van der Waals surface area contributed by atoms with Crippen LogP contribution in [0.5, 0.6) is 0 Å². The zero-order valence-electron chi connectivity index (χ0n) is 32.0. The summed E-state index contributed by atoms with van der Waals surface area (Å²) in [4.78, 5) is 107. The lowest BCUT2D eigenvalue weighted by molar-refractivity contribution is -0.129. The molecule has 0 bridgehead atoms. The predicted octanol–water partition coefficient (Wildman–Crippen LogP) is -1.03. The van der Waals surface area contributed by atoms with Gasteiger partial charge in [0.15, 0.2) is 0 Å². The number of hydrogen-bond acceptors (Lipinski definition) is 12. The summed E-state index contributed by atoms with van der Waals surface area (Å²) in [6.45, 7) is 4.08. The smallest absolute Gasteiger partial charge is 0.261 e. The molecule has 2 aliphatic heterocycles. The van der Waals surface area contributed by atoms with E-state index in [1.165, 1.54) is 38.1 Å². The van der Waals surface area contributed by atoms with Gasteiger partial charge >= 0.3 is 0 Å². The molecular weight excluding hydrogens is 724 g/mol. The Bertz CT molecular complexity index is 1650. The number of nitrogens with zero attached hydrogens (tertiary/aromatic N) is 2. The van der Waals surface area contributed by atoms with Crippen LogP contribution < -0.4 is 44.2 Å². The molecule has 0 unspecified atom stereocenters. The first-order valence-electron chi connectivity index (χ1n) is 19.1. The van der Waals surface area contributed by atoms with Gasteiger partial charge in [-0.3, -0.25) is 48.2 Å². The van der Waals surface area contributed by atoms with Crippen LogP contribution in [0.4, 0.5) is 0 Å². The first-order valence-corrected chi connectivity index (χ1v) is 19.1. The molecule has 304 valence electrons. The highest BCUT2D eigenvalue weighted by Gasteiger charge is 2.39. The van der Waals surface area contributed by atoms with Crippen LogP contribution in [0.1, 0.15) is 107 Å². The quantitative estimate of drug-likeness (QED) is 0.0526. The summed E-state index contributed by atoms with van der Waals surface area (Å²) in [6, 6.07) is 2.63. The summed E-state index contributed by atoms with van der Waals surface area (Å²) in [7, 11) is 0. The Kier molecular flexibility index (Phi) is 15.5. The summed E-state index contributed by atoms with van der Waals surface area (Å²) >= 11 is 0. The van der Waals surface area contributed by atoms with Gasteiger partial charge in [0.2, 0.25) is 23.6 Å². The summed E-state index contributed by atoms with van der Waals surface area (Å²) in [5.41, 5.74) is 23.1. The molecule has 0 saturated heterocycles. The van der Waals surface area contributed by atoms with Crippen LogP contribution >= 0.6 is 0 Å². The minimum atomic E-state index is -0.817. The van der Waals surface area contributed by atoms with Gasteiger partial charge in [0.05, 0.1) is 12.1 Å². The molecule has 0 aliphatic carbocycles. The van der Waals surface area contributed by atoms with Crippen molar-refractivity contribution in [2.45, 2.75) is 89.4 Å². The third-order valence-electron chi connectivity index (χ3n) is 9.77. The van der Waals surface area contributed by atoms with Gasteiger partial charge in [-0.25, -0.2) is 0 Å². The van der Waals surface area contributed by atoms with Crippen molar-refractivity contribution in [2.24, 2.45) is 22.9 Å². The van der Waals surface area contributed by atoms with Gasteiger partial charge in [-0.05, 0) is 103 Å². The van der Waals surface area contributed by atoms with Crippen molar-refractivity contribution in [1.29, 1.82) is 0 Å². The van der Waals surface area contributed by atoms with Crippen LogP contribution in [0.3, 0.4) is 0 Å². The van der Waals surface area contributed by atoms with Gasteiger partial charge in [0.1, 0.15) is 12.1 Å². The lowest BCUT2D eigenvalue weighted by atomic mass is 9.86. The van der Waals surface area contributed by atoms with Crippen molar-refractivity contribution < 1.29 is 38.4 Å². The van der Waals surface area contributed by atoms with Crippen molar-refractivity contribution in [3.63, 3.8) is 0 Å². The molecule has 0 fully saturated rings. The molecule has 18 nitrogen and oxygen atoms in total. The predicted molar refractivity (Wildman–Crippen MR) is 207 cm³/mol. The van der Waals surface area contributed by atoms with Crippen molar-refractivity contribution in [1.82, 2.24) is 31.1 Å². The second-order valence-electron chi connectivity index (χ2n) is 14.2. The molecular formula is C38H54N10O8. The molecule has 8 amide bonds. The molecule has 4 rings (SSSR count). The number of rotatable bonds is 22. The number of imide groups is 2. The first kappa shape index (κ1) is 43.4. The lowest BCUT2D eigenvalue weighted by Crippen LogP contribution is -2.51. The van der Waals surface area contributed by atoms with Crippen molar-refractivity contribution in [3.05, 3.63) is 46.5 Å². The average molecular weight is 779 g/mol. The van der Waals surface area contributed by atoms with E-state index >= 15 is 0 Å². The van der Waals surface area contributed by atoms with Gasteiger partial charge in [-0.1, -0.05) is 0 Å². The van der Waals surface area contributed by atoms with E-state index in [1.807, 2.05) is 0 Å². The number of carbonyl (C=O) groups excluding carboxylic acids is 8. The van der Waals surface area contributed by atoms with Crippen LogP contribution in [-0.4, -0.2) is 120 Å². The molecule has 2 aromatic rings. The zero-order valence-corrected chi connectivity index (χ0v) is 32.0. The standard InChI is InChI=1S/C38H54N10O8/c1-21(41)31(49)45-27(9-3-5-15-39)33(51)43-17-7-19-47-35(53)23-11-13-25-30-26(14-12-24(29(23)30)36(47)54)38(56)48(37(25)55)20-8-18-44-34(52)28(10-4-6-16-40)46-32(50)22(2)42/h11-14,21-22,27-28H,3-10,15-20,39-42H2,1-2H3,(H,43,51)(H,44,52)(H,45,49)(H,46,50)/t21-,22-,27-,28-/m0/s1. The Balaban J connectivity index is 1.39. The lowest BCUT2D eigenvalue weighted by Gasteiger charge is -2.32. The second-order valence-corrected chi connectivity index (χ2v) is 14.2. The molecule has 2 heterocycles. The molecule has 0 radical (unpaired) electrons. The number of unbranched alkanes of at least 4 members (excludes halogenated alkanes) is 2. The Labute approximate surface area is 325 Å². The van der Waals surface area contributed by atoms with Crippen LogP contribution in [0, 0.1) is 0 Å². The fourth-order valence-corrected chi connectivity index (χ4v) is 6.65. The molecule has 4 atom stereocenters. The van der Waals surface area contributed by atoms with E-state index in [0.29, 0.717) is 51.6 Å². The van der Waals surface area contributed by atoms with E-state index in [1.54, 1.807) is 0 Å². The van der Waals surface area contributed by atoms with E-state index < -0.39 is 71.4 Å². The molecule has 18 heteroatoms. The van der Waals surface area contributed by atoms with E-state index in [2.05, 4.69) is 21.3 Å². The SMILES string of the molecule is C[C@H](N)C(=O)N[C@@H](CCCCN)C(=O)NCCCN1C(=O)c2ccc3c4c(ccc(c24)C1=O)C(=O)N(CCCNC(=O)[C@H](CCCCN)NC(=O)[C@H](C)N)C3=O. The molecule has 0 saturated carbocycles. The third-order valence-corrected chi connectivity index (χ3v) is 9.77. The number of hydrogen-bond donors (Lipinski definition) is 8. The molecule has 0 spiro atoms. The molecule has 56 heavy (non-hydrogen) atoms. The third kappa shape index (κ3) is 10.1. The van der Waals surface area contributed by atoms with E-state index in [0.717, 1.165) is 9.80 Å². The minimum Gasteiger partial charge on any atom is -0.354 e. The van der Waals surface area contributed by atoms with Crippen molar-refractivity contribution >= 4 is 58.0 Å². The van der Waals surface area contributed by atoms with Crippen LogP contribution in [0.2, 0.25) is 0 Å². The van der Waals surface area contributed by atoms with Crippen LogP contribution in [0.25, 0.3) is 10.8 Å². The summed E-state index contributed by atoms with van der Waals surface area (Å²) in [5.74, 6) is -4.17. The molecule has 2 aromatic carbocycles. The normalized spacial score (nSPS) is 15.7. The van der Waals surface area contributed by atoms with Gasteiger partial charge in [-0.15, -0.1) is 0 Å². The highest BCUT2D eigenvalue weighted by Crippen LogP contribution is 2.37. The Morgan fingerprint density at radius 3 is 1.14 bits per heavy atom. The highest BCUT2D eigenvalue weighted by atomic mass is 16.2. The fourth-order valence-electron chi connectivity index (χ4n) is 6.65. The van der Waals surface area contributed by atoms with Gasteiger partial charge in [0.25, 0.3) is 23.6 Å². The molecule has 0 aromatic heterocycles. The van der Waals surface area contributed by atoms with E-state index in [-0.39, 0.29) is 72.0 Å². The zero-order chi connectivity index (χ0) is 41.1. The van der Waals surface area contributed by atoms with Crippen LogP contribution in [-0.2, 0) is 19.2 Å². The van der Waals surface area contributed by atoms with E-state index in [4.69, 9.17) is 22.9 Å². The summed E-state index contributed by atoms with van der Waals surface area (Å²) in [5, 5.41) is 11.3. The first-order chi connectivity index (χ1) is 26.7. The van der Waals surface area contributed by atoms with Crippen LogP contribution in [0.15, 0.2) is 24.3 Å². The number of nitrogens with one attached hydrogen (secondary N) is 4. The maximum atomic E-state index is 13.7. The summed E-state index contributed by atoms with van der Waals surface area (Å²) in [6.07, 6.45) is 3.75. The Hall–Kier alpha value is -5.30. The Morgan fingerprint density at radius 2 is 0.857 bits per heavy atom. The van der Waals surface area contributed by atoms with Gasteiger partial charge in [-0.2, -0.15) is 0 Å². The van der Waals surface area contributed by atoms with Gasteiger partial charge in [0, 0.05) is 59.2 Å². The second kappa shape index (κ2) is 20.0. The highest BCUT2D eigenvalue weighted by molar-refractivity contribution is 6.33. The number of carbonyl (C=O) groups is 8. The van der Waals surface area contributed by atoms with Crippen molar-refractivity contribution in [2.75, 3.05) is 39.3 Å². The monoisotopic (exact) mass is 778 g/mol. The maximum Gasteiger partial charge on any atom is 0.261 e. The van der Waals surface area contributed by atoms with Gasteiger partial charge < -0.3 is 44.2 Å².